The van der Waals surface area contributed by atoms with Gasteiger partial charge in [0.15, 0.2) is 0 Å². The van der Waals surface area contributed by atoms with E-state index in [1.807, 2.05) is 40.1 Å². The van der Waals surface area contributed by atoms with Crippen LogP contribution < -0.4 is 10.1 Å². The summed E-state index contributed by atoms with van der Waals surface area (Å²) in [4.78, 5) is 4.50. The van der Waals surface area contributed by atoms with E-state index in [4.69, 9.17) is 16.3 Å². The van der Waals surface area contributed by atoms with Crippen molar-refractivity contribution >= 4 is 11.6 Å². The quantitative estimate of drug-likeness (QED) is 0.891. The third-order valence-electron chi connectivity index (χ3n) is 3.28. The molecule has 2 heterocycles. The molecule has 5 nitrogen and oxygen atoms in total. The molecule has 2 rings (SSSR count). The van der Waals surface area contributed by atoms with Crippen LogP contribution in [0, 0.1) is 6.92 Å². The standard InChI is InChI=1S/C15H21ClN4O/c1-5-11-15(16)13(20(4)19-11)9-21-14-7-6-10(2)18-12(14)8-17-3/h6-7,17H,5,8-9H2,1-4H3. The molecule has 0 aliphatic rings. The van der Waals surface area contributed by atoms with Crippen LogP contribution in [0.4, 0.5) is 0 Å². The minimum atomic E-state index is 0.379. The van der Waals surface area contributed by atoms with Crippen LogP contribution in [0.15, 0.2) is 12.1 Å². The van der Waals surface area contributed by atoms with Crippen molar-refractivity contribution in [3.05, 3.63) is 39.9 Å². The van der Waals surface area contributed by atoms with E-state index in [0.29, 0.717) is 18.2 Å². The topological polar surface area (TPSA) is 52.0 Å². The normalized spacial score (nSPS) is 10.9. The Morgan fingerprint density at radius 2 is 2.10 bits per heavy atom. The van der Waals surface area contributed by atoms with E-state index >= 15 is 0 Å². The van der Waals surface area contributed by atoms with Gasteiger partial charge in [0, 0.05) is 19.3 Å². The van der Waals surface area contributed by atoms with E-state index < -0.39 is 0 Å². The van der Waals surface area contributed by atoms with Gasteiger partial charge in [-0.25, -0.2) is 0 Å². The van der Waals surface area contributed by atoms with Gasteiger partial charge in [-0.3, -0.25) is 9.67 Å². The number of rotatable bonds is 6. The van der Waals surface area contributed by atoms with Gasteiger partial charge in [0.2, 0.25) is 0 Å². The summed E-state index contributed by atoms with van der Waals surface area (Å²) >= 11 is 6.33. The molecular formula is C15H21ClN4O. The summed E-state index contributed by atoms with van der Waals surface area (Å²) in [7, 11) is 3.77. The lowest BCUT2D eigenvalue weighted by Gasteiger charge is -2.11. The average Bonchev–Trinajstić information content (AvgIpc) is 2.73. The zero-order chi connectivity index (χ0) is 15.4. The number of pyridine rings is 1. The third kappa shape index (κ3) is 3.54. The molecule has 0 aliphatic heterocycles. The number of hydrogen-bond donors (Lipinski definition) is 1. The molecule has 2 aromatic heterocycles. The zero-order valence-corrected chi connectivity index (χ0v) is 13.7. The first-order chi connectivity index (χ1) is 10.1. The SMILES string of the molecule is CCc1nn(C)c(COc2ccc(C)nc2CNC)c1Cl. The molecule has 0 saturated carbocycles. The predicted octanol–water partition coefficient (Wildman–Crippen LogP) is 2.64. The van der Waals surface area contributed by atoms with Crippen molar-refractivity contribution in [2.45, 2.75) is 33.4 Å². The molecule has 1 N–H and O–H groups in total. The second kappa shape index (κ2) is 6.91. The maximum atomic E-state index is 6.33. The number of halogens is 1. The highest BCUT2D eigenvalue weighted by Gasteiger charge is 2.14. The Morgan fingerprint density at radius 1 is 1.33 bits per heavy atom. The molecule has 0 atom stereocenters. The van der Waals surface area contributed by atoms with Crippen molar-refractivity contribution < 1.29 is 4.74 Å². The first kappa shape index (κ1) is 15.8. The van der Waals surface area contributed by atoms with Gasteiger partial charge in [-0.2, -0.15) is 5.10 Å². The van der Waals surface area contributed by atoms with Crippen LogP contribution in [0.3, 0.4) is 0 Å². The molecule has 21 heavy (non-hydrogen) atoms. The van der Waals surface area contributed by atoms with Gasteiger partial charge < -0.3 is 10.1 Å². The summed E-state index contributed by atoms with van der Waals surface area (Å²) in [6.45, 7) is 5.04. The molecule has 0 aliphatic carbocycles. The number of nitrogens with zero attached hydrogens (tertiary/aromatic N) is 3. The lowest BCUT2D eigenvalue weighted by molar-refractivity contribution is 0.289. The number of hydrogen-bond acceptors (Lipinski definition) is 4. The average molecular weight is 309 g/mol. The van der Waals surface area contributed by atoms with Gasteiger partial charge >= 0.3 is 0 Å². The number of aryl methyl sites for hydroxylation is 3. The summed E-state index contributed by atoms with van der Waals surface area (Å²) in [6.07, 6.45) is 0.809. The molecule has 114 valence electrons. The summed E-state index contributed by atoms with van der Waals surface area (Å²) < 4.78 is 7.68. The first-order valence-electron chi connectivity index (χ1n) is 7.01. The third-order valence-corrected chi connectivity index (χ3v) is 3.72. The summed E-state index contributed by atoms with van der Waals surface area (Å²) in [6, 6.07) is 3.89. The fraction of sp³-hybridized carbons (Fsp3) is 0.467. The van der Waals surface area contributed by atoms with Crippen LogP contribution in [-0.2, 0) is 26.6 Å². The van der Waals surface area contributed by atoms with Gasteiger partial charge in [-0.1, -0.05) is 18.5 Å². The molecule has 0 aromatic carbocycles. The van der Waals surface area contributed by atoms with E-state index in [1.54, 1.807) is 4.68 Å². The molecule has 0 bridgehead atoms. The lowest BCUT2D eigenvalue weighted by atomic mass is 10.2. The molecule has 6 heteroatoms. The largest absolute Gasteiger partial charge is 0.485 e. The van der Waals surface area contributed by atoms with Crippen molar-refractivity contribution in [3.63, 3.8) is 0 Å². The fourth-order valence-electron chi connectivity index (χ4n) is 2.15. The van der Waals surface area contributed by atoms with Crippen molar-refractivity contribution in [2.75, 3.05) is 7.05 Å². The van der Waals surface area contributed by atoms with Crippen LogP contribution in [-0.4, -0.2) is 21.8 Å². The number of aromatic nitrogens is 3. The second-order valence-corrected chi connectivity index (χ2v) is 5.28. The maximum absolute atomic E-state index is 6.33. The van der Waals surface area contributed by atoms with Gasteiger partial charge in [0.25, 0.3) is 0 Å². The Hall–Kier alpha value is -1.59. The maximum Gasteiger partial charge on any atom is 0.142 e. The highest BCUT2D eigenvalue weighted by molar-refractivity contribution is 6.31. The van der Waals surface area contributed by atoms with E-state index in [1.165, 1.54) is 0 Å². The van der Waals surface area contributed by atoms with Crippen molar-refractivity contribution in [1.82, 2.24) is 20.1 Å². The lowest BCUT2D eigenvalue weighted by Crippen LogP contribution is -2.11. The summed E-state index contributed by atoms with van der Waals surface area (Å²) in [5.74, 6) is 0.769. The zero-order valence-electron chi connectivity index (χ0n) is 12.9. The molecule has 0 saturated heterocycles. The minimum absolute atomic E-state index is 0.379. The van der Waals surface area contributed by atoms with E-state index in [-0.39, 0.29) is 0 Å². The van der Waals surface area contributed by atoms with Crippen molar-refractivity contribution in [1.29, 1.82) is 0 Å². The Morgan fingerprint density at radius 3 is 2.71 bits per heavy atom. The van der Waals surface area contributed by atoms with Crippen LogP contribution in [0.25, 0.3) is 0 Å². The van der Waals surface area contributed by atoms with Gasteiger partial charge in [0.05, 0.1) is 22.1 Å². The number of ether oxygens (including phenoxy) is 1. The first-order valence-corrected chi connectivity index (χ1v) is 7.38. The molecule has 0 radical (unpaired) electrons. The highest BCUT2D eigenvalue weighted by atomic mass is 35.5. The van der Waals surface area contributed by atoms with Crippen LogP contribution >= 0.6 is 11.6 Å². The van der Waals surface area contributed by atoms with Gasteiger partial charge in [-0.05, 0) is 32.5 Å². The van der Waals surface area contributed by atoms with Gasteiger partial charge in [-0.15, -0.1) is 0 Å². The van der Waals surface area contributed by atoms with Crippen LogP contribution in [0.2, 0.25) is 5.02 Å². The predicted molar refractivity (Wildman–Crippen MR) is 83.7 cm³/mol. The Bertz CT molecular complexity index is 624. The van der Waals surface area contributed by atoms with Gasteiger partial charge in [0.1, 0.15) is 12.4 Å². The summed E-state index contributed by atoms with van der Waals surface area (Å²) in [5.41, 5.74) is 3.64. The van der Waals surface area contributed by atoms with Crippen molar-refractivity contribution in [3.8, 4) is 5.75 Å². The van der Waals surface area contributed by atoms with Crippen LogP contribution in [0.5, 0.6) is 5.75 Å². The molecule has 0 spiro atoms. The van der Waals surface area contributed by atoms with Crippen molar-refractivity contribution in [2.24, 2.45) is 7.05 Å². The smallest absolute Gasteiger partial charge is 0.142 e. The Balaban J connectivity index is 2.18. The minimum Gasteiger partial charge on any atom is -0.485 e. The molecule has 2 aromatic rings. The molecule has 0 amide bonds. The van der Waals surface area contributed by atoms with E-state index in [2.05, 4.69) is 15.4 Å². The second-order valence-electron chi connectivity index (χ2n) is 4.90. The summed E-state index contributed by atoms with van der Waals surface area (Å²) in [5, 5.41) is 8.18. The number of nitrogens with one attached hydrogen (secondary N) is 1. The molecule has 0 fully saturated rings. The molecular weight excluding hydrogens is 288 g/mol. The fourth-order valence-corrected chi connectivity index (χ4v) is 2.49. The Kier molecular flexibility index (Phi) is 5.20. The van der Waals surface area contributed by atoms with E-state index in [0.717, 1.165) is 34.9 Å². The van der Waals surface area contributed by atoms with E-state index in [9.17, 15) is 0 Å². The molecule has 0 unspecified atom stereocenters. The van der Waals surface area contributed by atoms with Crippen LogP contribution in [0.1, 0.15) is 29.7 Å². The highest BCUT2D eigenvalue weighted by Crippen LogP contribution is 2.24. The monoisotopic (exact) mass is 308 g/mol. The Labute approximate surface area is 130 Å².